The number of rotatable bonds is 4. The highest BCUT2D eigenvalue weighted by Gasteiger charge is 2.18. The molecular weight excluding hydrogens is 222 g/mol. The number of benzene rings is 1. The molecule has 0 aliphatic carbocycles. The Morgan fingerprint density at radius 1 is 1.47 bits per heavy atom. The van der Waals surface area contributed by atoms with Crippen LogP contribution in [0.15, 0.2) is 24.3 Å². The van der Waals surface area contributed by atoms with Crippen LogP contribution >= 0.6 is 0 Å². The monoisotopic (exact) mass is 237 g/mol. The Kier molecular flexibility index (Phi) is 4.08. The van der Waals surface area contributed by atoms with E-state index in [0.29, 0.717) is 18.9 Å². The Morgan fingerprint density at radius 3 is 2.94 bits per heavy atom. The zero-order valence-electron chi connectivity index (χ0n) is 9.64. The third-order valence-electron chi connectivity index (χ3n) is 2.34. The summed E-state index contributed by atoms with van der Waals surface area (Å²) in [5.41, 5.74) is 1.61. The first-order valence-corrected chi connectivity index (χ1v) is 5.41. The van der Waals surface area contributed by atoms with Gasteiger partial charge < -0.3 is 19.5 Å². The minimum absolute atomic E-state index is 0.0423. The maximum atomic E-state index is 11.3. The first-order valence-electron chi connectivity index (χ1n) is 5.41. The van der Waals surface area contributed by atoms with Gasteiger partial charge in [0.2, 0.25) is 5.91 Å². The van der Waals surface area contributed by atoms with Crippen LogP contribution in [0, 0.1) is 0 Å². The lowest BCUT2D eigenvalue weighted by molar-refractivity contribution is -0.119. The molecular formula is C12H15NO4. The summed E-state index contributed by atoms with van der Waals surface area (Å²) >= 11 is 0. The average Bonchev–Trinajstić information content (AvgIpc) is 2.83. The van der Waals surface area contributed by atoms with Crippen LogP contribution in [0.3, 0.4) is 0 Å². The van der Waals surface area contributed by atoms with E-state index in [9.17, 15) is 4.79 Å². The first kappa shape index (κ1) is 12.0. The Hall–Kier alpha value is -1.43. The zero-order chi connectivity index (χ0) is 12.1. The van der Waals surface area contributed by atoms with E-state index in [1.165, 1.54) is 7.11 Å². The second-order valence-electron chi connectivity index (χ2n) is 3.68. The molecule has 2 rings (SSSR count). The first-order chi connectivity index (χ1) is 8.29. The van der Waals surface area contributed by atoms with Gasteiger partial charge in [-0.15, -0.1) is 0 Å². The molecule has 0 aromatic heterocycles. The molecule has 0 spiro atoms. The van der Waals surface area contributed by atoms with Crippen molar-refractivity contribution >= 4 is 11.6 Å². The standard InChI is InChI=1S/C12H15NO4/c1-15-8-11(14)13-10-4-2-3-9(7-10)12-16-5-6-17-12/h2-4,7,12H,5-6,8H2,1H3,(H,13,14). The summed E-state index contributed by atoms with van der Waals surface area (Å²) < 4.78 is 15.5. The van der Waals surface area contributed by atoms with Gasteiger partial charge in [-0.25, -0.2) is 0 Å². The van der Waals surface area contributed by atoms with Crippen LogP contribution in [0.1, 0.15) is 11.9 Å². The van der Waals surface area contributed by atoms with Gasteiger partial charge in [0.1, 0.15) is 6.61 Å². The van der Waals surface area contributed by atoms with Gasteiger partial charge in [-0.1, -0.05) is 12.1 Å². The predicted molar refractivity (Wildman–Crippen MR) is 61.6 cm³/mol. The molecule has 0 bridgehead atoms. The topological polar surface area (TPSA) is 56.8 Å². The predicted octanol–water partition coefficient (Wildman–Crippen LogP) is 1.32. The number of hydrogen-bond donors (Lipinski definition) is 1. The van der Waals surface area contributed by atoms with E-state index in [2.05, 4.69) is 5.32 Å². The van der Waals surface area contributed by atoms with Crippen LogP contribution in [0.2, 0.25) is 0 Å². The number of amides is 1. The van der Waals surface area contributed by atoms with Crippen LogP contribution in [-0.2, 0) is 19.0 Å². The van der Waals surface area contributed by atoms with Crippen molar-refractivity contribution in [3.8, 4) is 0 Å². The second kappa shape index (κ2) is 5.77. The molecule has 92 valence electrons. The molecule has 0 atom stereocenters. The van der Waals surface area contributed by atoms with Crippen LogP contribution in [0.4, 0.5) is 5.69 Å². The minimum atomic E-state index is -0.325. The number of nitrogens with one attached hydrogen (secondary N) is 1. The third kappa shape index (κ3) is 3.26. The molecule has 1 fully saturated rings. The smallest absolute Gasteiger partial charge is 0.250 e. The number of ether oxygens (including phenoxy) is 3. The molecule has 1 amide bonds. The van der Waals surface area contributed by atoms with E-state index in [-0.39, 0.29) is 18.8 Å². The van der Waals surface area contributed by atoms with Gasteiger partial charge in [-0.2, -0.15) is 0 Å². The van der Waals surface area contributed by atoms with Crippen molar-refractivity contribution in [2.24, 2.45) is 0 Å². The molecule has 5 heteroatoms. The number of carbonyl (C=O) groups is 1. The Balaban J connectivity index is 2.03. The van der Waals surface area contributed by atoms with E-state index in [0.717, 1.165) is 5.56 Å². The summed E-state index contributed by atoms with van der Waals surface area (Å²) in [7, 11) is 1.48. The number of anilines is 1. The summed E-state index contributed by atoms with van der Waals surface area (Å²) in [5, 5.41) is 2.73. The van der Waals surface area contributed by atoms with E-state index in [4.69, 9.17) is 14.2 Å². The quantitative estimate of drug-likeness (QED) is 0.858. The normalized spacial score (nSPS) is 16.1. The van der Waals surface area contributed by atoms with Crippen LogP contribution in [0.5, 0.6) is 0 Å². The van der Waals surface area contributed by atoms with Crippen LogP contribution in [-0.4, -0.2) is 32.8 Å². The molecule has 1 aromatic carbocycles. The molecule has 1 saturated heterocycles. The SMILES string of the molecule is COCC(=O)Nc1cccc(C2OCCO2)c1. The zero-order valence-corrected chi connectivity index (χ0v) is 9.64. The lowest BCUT2D eigenvalue weighted by atomic mass is 10.2. The summed E-state index contributed by atoms with van der Waals surface area (Å²) in [6, 6.07) is 7.40. The van der Waals surface area contributed by atoms with Crippen LogP contribution < -0.4 is 5.32 Å². The molecule has 17 heavy (non-hydrogen) atoms. The fraction of sp³-hybridized carbons (Fsp3) is 0.417. The largest absolute Gasteiger partial charge is 0.375 e. The van der Waals surface area contributed by atoms with E-state index in [1.54, 1.807) is 0 Å². The second-order valence-corrected chi connectivity index (χ2v) is 3.68. The number of carbonyl (C=O) groups excluding carboxylic acids is 1. The highest BCUT2D eigenvalue weighted by atomic mass is 16.7. The van der Waals surface area contributed by atoms with Crippen molar-refractivity contribution in [3.63, 3.8) is 0 Å². The third-order valence-corrected chi connectivity index (χ3v) is 2.34. The van der Waals surface area contributed by atoms with Gasteiger partial charge in [-0.3, -0.25) is 4.79 Å². The molecule has 0 saturated carbocycles. The molecule has 0 unspecified atom stereocenters. The lowest BCUT2D eigenvalue weighted by Gasteiger charge is -2.11. The van der Waals surface area contributed by atoms with E-state index in [1.807, 2.05) is 24.3 Å². The van der Waals surface area contributed by atoms with Crippen molar-refractivity contribution in [2.45, 2.75) is 6.29 Å². The van der Waals surface area contributed by atoms with Gasteiger partial charge in [0.15, 0.2) is 6.29 Å². The molecule has 1 aromatic rings. The summed E-state index contributed by atoms with van der Waals surface area (Å²) in [5.74, 6) is -0.182. The van der Waals surface area contributed by atoms with Gasteiger partial charge in [0.05, 0.1) is 13.2 Å². The fourth-order valence-corrected chi connectivity index (χ4v) is 1.64. The maximum absolute atomic E-state index is 11.3. The number of hydrogen-bond acceptors (Lipinski definition) is 4. The summed E-state index contributed by atoms with van der Waals surface area (Å²) in [4.78, 5) is 11.3. The fourth-order valence-electron chi connectivity index (χ4n) is 1.64. The molecule has 5 nitrogen and oxygen atoms in total. The van der Waals surface area contributed by atoms with Crippen molar-refractivity contribution in [1.82, 2.24) is 0 Å². The molecule has 1 N–H and O–H groups in total. The van der Waals surface area contributed by atoms with Crippen molar-refractivity contribution in [3.05, 3.63) is 29.8 Å². The summed E-state index contributed by atoms with van der Waals surface area (Å²) in [6.45, 7) is 1.25. The number of methoxy groups -OCH3 is 1. The van der Waals surface area contributed by atoms with Gasteiger partial charge in [0, 0.05) is 18.4 Å². The Morgan fingerprint density at radius 2 is 2.24 bits per heavy atom. The molecule has 1 heterocycles. The average molecular weight is 237 g/mol. The molecule has 1 aliphatic rings. The minimum Gasteiger partial charge on any atom is -0.375 e. The van der Waals surface area contributed by atoms with Gasteiger partial charge >= 0.3 is 0 Å². The lowest BCUT2D eigenvalue weighted by Crippen LogP contribution is -2.17. The van der Waals surface area contributed by atoms with E-state index < -0.39 is 0 Å². The maximum Gasteiger partial charge on any atom is 0.250 e. The summed E-state index contributed by atoms with van der Waals surface area (Å²) in [6.07, 6.45) is -0.325. The van der Waals surface area contributed by atoms with E-state index >= 15 is 0 Å². The molecule has 1 aliphatic heterocycles. The Labute approximate surface area is 99.7 Å². The van der Waals surface area contributed by atoms with Crippen molar-refractivity contribution in [2.75, 3.05) is 32.2 Å². The van der Waals surface area contributed by atoms with Gasteiger partial charge in [0.25, 0.3) is 0 Å². The van der Waals surface area contributed by atoms with Gasteiger partial charge in [-0.05, 0) is 12.1 Å². The van der Waals surface area contributed by atoms with Crippen molar-refractivity contribution in [1.29, 1.82) is 0 Å². The Bertz CT molecular complexity index is 388. The highest BCUT2D eigenvalue weighted by Crippen LogP contribution is 2.25. The van der Waals surface area contributed by atoms with Crippen molar-refractivity contribution < 1.29 is 19.0 Å². The van der Waals surface area contributed by atoms with Crippen LogP contribution in [0.25, 0.3) is 0 Å². The molecule has 0 radical (unpaired) electrons. The highest BCUT2D eigenvalue weighted by molar-refractivity contribution is 5.91.